The molecule has 1 N–H and O–H groups in total. The topological polar surface area (TPSA) is 92.8 Å². The van der Waals surface area contributed by atoms with Gasteiger partial charge in [0, 0.05) is 19.6 Å². The number of fused-ring (bicyclic) bond motifs is 1. The molecule has 1 aliphatic heterocycles. The smallest absolute Gasteiger partial charge is 0.338 e. The molecule has 35 heavy (non-hydrogen) atoms. The van der Waals surface area contributed by atoms with E-state index in [2.05, 4.69) is 5.32 Å². The van der Waals surface area contributed by atoms with Crippen LogP contribution in [0.1, 0.15) is 34.0 Å². The van der Waals surface area contributed by atoms with Crippen molar-refractivity contribution in [2.45, 2.75) is 37.4 Å². The minimum absolute atomic E-state index is 0.0820. The summed E-state index contributed by atoms with van der Waals surface area (Å²) in [4.78, 5) is 24.8. The van der Waals surface area contributed by atoms with E-state index in [9.17, 15) is 22.4 Å². The zero-order chi connectivity index (χ0) is 25.0. The van der Waals surface area contributed by atoms with Crippen LogP contribution in [0.5, 0.6) is 0 Å². The summed E-state index contributed by atoms with van der Waals surface area (Å²) >= 11 is 0. The van der Waals surface area contributed by atoms with E-state index >= 15 is 0 Å². The van der Waals surface area contributed by atoms with Crippen LogP contribution in [0.15, 0.2) is 77.7 Å². The number of sulfonamides is 1. The Kier molecular flexibility index (Phi) is 7.28. The molecule has 3 aromatic carbocycles. The highest BCUT2D eigenvalue weighted by Gasteiger charge is 2.28. The molecule has 1 heterocycles. The van der Waals surface area contributed by atoms with Crippen molar-refractivity contribution in [2.24, 2.45) is 0 Å². The lowest BCUT2D eigenvalue weighted by Gasteiger charge is -2.28. The first-order chi connectivity index (χ1) is 16.7. The van der Waals surface area contributed by atoms with E-state index in [4.69, 9.17) is 4.74 Å². The lowest BCUT2D eigenvalue weighted by molar-refractivity contribution is -0.129. The Morgan fingerprint density at radius 2 is 1.66 bits per heavy atom. The fourth-order valence-electron chi connectivity index (χ4n) is 3.80. The molecule has 0 spiro atoms. The molecule has 9 heteroatoms. The van der Waals surface area contributed by atoms with Crippen LogP contribution >= 0.6 is 0 Å². The van der Waals surface area contributed by atoms with Crippen molar-refractivity contribution >= 4 is 21.9 Å². The molecule has 0 aromatic heterocycles. The predicted octanol–water partition coefficient (Wildman–Crippen LogP) is 3.43. The first-order valence-electron chi connectivity index (χ1n) is 11.1. The van der Waals surface area contributed by atoms with Crippen LogP contribution in [0.2, 0.25) is 0 Å². The van der Waals surface area contributed by atoms with Crippen molar-refractivity contribution in [2.75, 3.05) is 6.54 Å². The van der Waals surface area contributed by atoms with Gasteiger partial charge in [0.25, 0.3) is 5.91 Å². The SMILES string of the molecule is CC(OC(=O)c1ccc(S(=O)(=O)N2CCc3ccccc3C2)cc1)C(=O)NCc1ccc(F)cc1. The van der Waals surface area contributed by atoms with Gasteiger partial charge in [-0.3, -0.25) is 4.79 Å². The maximum absolute atomic E-state index is 13.1. The predicted molar refractivity (Wildman–Crippen MR) is 127 cm³/mol. The van der Waals surface area contributed by atoms with Crippen LogP contribution < -0.4 is 5.32 Å². The number of esters is 1. The van der Waals surface area contributed by atoms with Crippen LogP contribution in [-0.2, 0) is 39.1 Å². The zero-order valence-corrected chi connectivity index (χ0v) is 19.9. The fourth-order valence-corrected chi connectivity index (χ4v) is 5.22. The van der Waals surface area contributed by atoms with Crippen LogP contribution in [0, 0.1) is 5.82 Å². The summed E-state index contributed by atoms with van der Waals surface area (Å²) in [5, 5.41) is 2.62. The van der Waals surface area contributed by atoms with E-state index in [0.717, 1.165) is 11.1 Å². The number of hydrogen-bond acceptors (Lipinski definition) is 5. The third kappa shape index (κ3) is 5.75. The van der Waals surface area contributed by atoms with Crippen LogP contribution in [-0.4, -0.2) is 37.2 Å². The highest BCUT2D eigenvalue weighted by Crippen LogP contribution is 2.25. The number of amides is 1. The van der Waals surface area contributed by atoms with Gasteiger partial charge in [-0.1, -0.05) is 36.4 Å². The van der Waals surface area contributed by atoms with Crippen molar-refractivity contribution in [1.82, 2.24) is 9.62 Å². The summed E-state index contributed by atoms with van der Waals surface area (Å²) in [6.07, 6.45) is -0.430. The van der Waals surface area contributed by atoms with Crippen molar-refractivity contribution in [3.8, 4) is 0 Å². The molecule has 0 radical (unpaired) electrons. The molecule has 1 aliphatic rings. The van der Waals surface area contributed by atoms with Crippen molar-refractivity contribution in [3.63, 3.8) is 0 Å². The fraction of sp³-hybridized carbons (Fsp3) is 0.231. The summed E-state index contributed by atoms with van der Waals surface area (Å²) in [6, 6.07) is 18.9. The normalized spacial score (nSPS) is 14.6. The Hall–Kier alpha value is -3.56. The second-order valence-electron chi connectivity index (χ2n) is 8.27. The second kappa shape index (κ2) is 10.4. The van der Waals surface area contributed by atoms with Crippen molar-refractivity contribution in [1.29, 1.82) is 0 Å². The van der Waals surface area contributed by atoms with Gasteiger partial charge in [-0.15, -0.1) is 0 Å². The van der Waals surface area contributed by atoms with E-state index in [1.54, 1.807) is 12.1 Å². The average molecular weight is 497 g/mol. The van der Waals surface area contributed by atoms with Crippen LogP contribution in [0.25, 0.3) is 0 Å². The lowest BCUT2D eigenvalue weighted by Crippen LogP contribution is -2.36. The van der Waals surface area contributed by atoms with Crippen molar-refractivity contribution in [3.05, 3.63) is 101 Å². The van der Waals surface area contributed by atoms with Crippen LogP contribution in [0.4, 0.5) is 4.39 Å². The number of benzene rings is 3. The molecule has 0 saturated heterocycles. The summed E-state index contributed by atoms with van der Waals surface area (Å²) < 4.78 is 45.8. The number of halogens is 1. The molecule has 0 fully saturated rings. The molecule has 0 saturated carbocycles. The largest absolute Gasteiger partial charge is 0.449 e. The van der Waals surface area contributed by atoms with Gasteiger partial charge in [-0.25, -0.2) is 17.6 Å². The minimum atomic E-state index is -3.73. The summed E-state index contributed by atoms with van der Waals surface area (Å²) in [7, 11) is -3.73. The Morgan fingerprint density at radius 1 is 1.00 bits per heavy atom. The van der Waals surface area contributed by atoms with Gasteiger partial charge in [0.1, 0.15) is 5.82 Å². The van der Waals surface area contributed by atoms with E-state index in [0.29, 0.717) is 25.1 Å². The number of hydrogen-bond donors (Lipinski definition) is 1. The molecule has 3 aromatic rings. The first kappa shape index (κ1) is 24.6. The summed E-state index contributed by atoms with van der Waals surface area (Å²) in [5.41, 5.74) is 2.96. The first-order valence-corrected chi connectivity index (χ1v) is 12.6. The van der Waals surface area contributed by atoms with E-state index in [-0.39, 0.29) is 22.8 Å². The Labute approximate surface area is 203 Å². The molecule has 182 valence electrons. The monoisotopic (exact) mass is 496 g/mol. The Balaban J connectivity index is 1.35. The molecule has 4 rings (SSSR count). The summed E-state index contributed by atoms with van der Waals surface area (Å²) in [6.45, 7) is 2.28. The molecular weight excluding hydrogens is 471 g/mol. The van der Waals surface area contributed by atoms with Crippen molar-refractivity contribution < 1.29 is 27.1 Å². The maximum Gasteiger partial charge on any atom is 0.338 e. The van der Waals surface area contributed by atoms with Gasteiger partial charge < -0.3 is 10.1 Å². The number of ether oxygens (including phenoxy) is 1. The van der Waals surface area contributed by atoms with E-state index < -0.39 is 28.0 Å². The molecule has 1 atom stereocenters. The Bertz CT molecular complexity index is 1320. The molecular formula is C26H25FN2O5S. The zero-order valence-electron chi connectivity index (χ0n) is 19.1. The van der Waals surface area contributed by atoms with E-state index in [1.807, 2.05) is 24.3 Å². The molecule has 1 unspecified atom stereocenters. The second-order valence-corrected chi connectivity index (χ2v) is 10.2. The number of nitrogens with zero attached hydrogens (tertiary/aromatic N) is 1. The van der Waals surface area contributed by atoms with Gasteiger partial charge in [0.15, 0.2) is 6.10 Å². The van der Waals surface area contributed by atoms with Gasteiger partial charge in [-0.05, 0) is 66.4 Å². The molecule has 1 amide bonds. The number of rotatable bonds is 7. The van der Waals surface area contributed by atoms with Gasteiger partial charge in [-0.2, -0.15) is 4.31 Å². The lowest BCUT2D eigenvalue weighted by atomic mass is 10.0. The number of carbonyl (C=O) groups is 2. The Morgan fingerprint density at radius 3 is 2.34 bits per heavy atom. The van der Waals surface area contributed by atoms with Gasteiger partial charge in [0.05, 0.1) is 10.5 Å². The van der Waals surface area contributed by atoms with Crippen LogP contribution in [0.3, 0.4) is 0 Å². The molecule has 0 aliphatic carbocycles. The standard InChI is InChI=1S/C26H25FN2O5S/c1-18(25(30)28-16-19-6-10-23(27)11-7-19)34-26(31)21-8-12-24(13-9-21)35(32,33)29-15-14-20-4-2-3-5-22(20)17-29/h2-13,18H,14-17H2,1H3,(H,28,30). The average Bonchev–Trinajstić information content (AvgIpc) is 2.87. The molecule has 7 nitrogen and oxygen atoms in total. The highest BCUT2D eigenvalue weighted by molar-refractivity contribution is 7.89. The quantitative estimate of drug-likeness (QED) is 0.506. The minimum Gasteiger partial charge on any atom is -0.449 e. The number of nitrogens with one attached hydrogen (secondary N) is 1. The van der Waals surface area contributed by atoms with Gasteiger partial charge >= 0.3 is 5.97 Å². The van der Waals surface area contributed by atoms with E-state index in [1.165, 1.54) is 47.6 Å². The third-order valence-electron chi connectivity index (χ3n) is 5.86. The third-order valence-corrected chi connectivity index (χ3v) is 7.72. The highest BCUT2D eigenvalue weighted by atomic mass is 32.2. The maximum atomic E-state index is 13.1. The molecule has 0 bridgehead atoms. The van der Waals surface area contributed by atoms with Gasteiger partial charge in [0.2, 0.25) is 10.0 Å². The summed E-state index contributed by atoms with van der Waals surface area (Å²) in [5.74, 6) is -1.63. The number of carbonyl (C=O) groups excluding carboxylic acids is 2.